The zero-order valence-electron chi connectivity index (χ0n) is 20.6. The number of rotatable bonds is 8. The lowest BCUT2D eigenvalue weighted by atomic mass is 9.78. The van der Waals surface area contributed by atoms with Crippen LogP contribution < -0.4 is 5.32 Å². The number of likely N-dealkylation sites (N-methyl/N-ethyl adjacent to an activating group) is 1. The minimum Gasteiger partial charge on any atom is -0.370 e. The predicted octanol–water partition coefficient (Wildman–Crippen LogP) is 4.13. The van der Waals surface area contributed by atoms with Crippen molar-refractivity contribution in [2.75, 3.05) is 6.54 Å². The largest absolute Gasteiger partial charge is 0.370 e. The van der Waals surface area contributed by atoms with Gasteiger partial charge < -0.3 is 24.3 Å². The second-order valence-corrected chi connectivity index (χ2v) is 9.54. The number of hydrogen-bond acceptors (Lipinski definition) is 6. The fourth-order valence-corrected chi connectivity index (χ4v) is 4.84. The Balaban J connectivity index is 1.62. The molecular weight excluding hydrogens is 470 g/mol. The first-order chi connectivity index (χ1) is 17.2. The van der Waals surface area contributed by atoms with Gasteiger partial charge in [0.2, 0.25) is 0 Å². The Morgan fingerprint density at radius 2 is 1.92 bits per heavy atom. The highest BCUT2D eigenvalue weighted by Gasteiger charge is 2.58. The molecule has 36 heavy (non-hydrogen) atoms. The molecule has 1 saturated carbocycles. The molecule has 7 nitrogen and oxygen atoms in total. The molecular formula is C27H30F2N2O5. The van der Waals surface area contributed by atoms with Gasteiger partial charge in [0.1, 0.15) is 17.7 Å². The Labute approximate surface area is 209 Å². The van der Waals surface area contributed by atoms with E-state index in [1.165, 1.54) is 12.1 Å². The third-order valence-electron chi connectivity index (χ3n) is 6.51. The topological polar surface area (TPSA) is 89.8 Å². The van der Waals surface area contributed by atoms with Crippen LogP contribution in [0.1, 0.15) is 50.3 Å². The Morgan fingerprint density at radius 1 is 1.14 bits per heavy atom. The molecule has 9 heteroatoms. The van der Waals surface area contributed by atoms with E-state index in [4.69, 9.17) is 18.9 Å². The van der Waals surface area contributed by atoms with Gasteiger partial charge in [-0.2, -0.15) is 5.26 Å². The van der Waals surface area contributed by atoms with Gasteiger partial charge in [0.25, 0.3) is 5.91 Å². The maximum atomic E-state index is 14.3. The van der Waals surface area contributed by atoms with E-state index in [1.807, 2.05) is 6.92 Å². The molecule has 0 aromatic heterocycles. The maximum Gasteiger partial charge on any atom is 0.252 e. The summed E-state index contributed by atoms with van der Waals surface area (Å²) >= 11 is 0. The standard InChI is InChI=1S/C27H30F2N2O5/c1-4-31-25(32)27(34-16-18-8-6-5-7-17(18)14-30)12-22(24-23(13-27)35-26(2,3)36-24)33-15-19-9-10-20(28)11-21(19)29/h5-11,22-24H,4,12-13,15-16H2,1-3H3,(H,31,32)/t22-,23+,24-,27+/m0/s1. The molecule has 4 rings (SSSR count). The van der Waals surface area contributed by atoms with Crippen LogP contribution in [0.3, 0.4) is 0 Å². The first-order valence-electron chi connectivity index (χ1n) is 12.0. The molecule has 1 amide bonds. The first-order valence-corrected chi connectivity index (χ1v) is 12.0. The average molecular weight is 501 g/mol. The number of halogens is 2. The Kier molecular flexibility index (Phi) is 7.71. The Morgan fingerprint density at radius 3 is 2.64 bits per heavy atom. The van der Waals surface area contributed by atoms with E-state index in [0.29, 0.717) is 17.7 Å². The highest BCUT2D eigenvalue weighted by Crippen LogP contribution is 2.44. The van der Waals surface area contributed by atoms with Crippen molar-refractivity contribution in [2.24, 2.45) is 0 Å². The highest BCUT2D eigenvalue weighted by molar-refractivity contribution is 5.85. The summed E-state index contributed by atoms with van der Waals surface area (Å²) in [5.74, 6) is -2.63. The van der Waals surface area contributed by atoms with E-state index in [0.717, 1.165) is 6.07 Å². The molecule has 1 heterocycles. The van der Waals surface area contributed by atoms with Crippen LogP contribution in [-0.2, 0) is 37.0 Å². The van der Waals surface area contributed by atoms with Gasteiger partial charge in [-0.3, -0.25) is 4.79 Å². The van der Waals surface area contributed by atoms with Crippen molar-refractivity contribution in [1.82, 2.24) is 5.32 Å². The number of benzene rings is 2. The van der Waals surface area contributed by atoms with Crippen molar-refractivity contribution in [3.63, 3.8) is 0 Å². The minimum atomic E-state index is -1.34. The van der Waals surface area contributed by atoms with Crippen molar-refractivity contribution in [3.05, 3.63) is 70.8 Å². The fourth-order valence-electron chi connectivity index (χ4n) is 4.84. The molecule has 0 bridgehead atoms. The van der Waals surface area contributed by atoms with E-state index in [2.05, 4.69) is 11.4 Å². The van der Waals surface area contributed by atoms with Crippen LogP contribution in [0.15, 0.2) is 42.5 Å². The fraction of sp³-hybridized carbons (Fsp3) is 0.481. The second-order valence-electron chi connectivity index (χ2n) is 9.54. The quantitative estimate of drug-likeness (QED) is 0.586. The van der Waals surface area contributed by atoms with Gasteiger partial charge in [0.15, 0.2) is 11.4 Å². The average Bonchev–Trinajstić information content (AvgIpc) is 3.16. The third-order valence-corrected chi connectivity index (χ3v) is 6.51. The summed E-state index contributed by atoms with van der Waals surface area (Å²) in [5, 5.41) is 12.3. The number of fused-ring (bicyclic) bond motifs is 1. The molecule has 4 atom stereocenters. The van der Waals surface area contributed by atoms with E-state index in [1.54, 1.807) is 38.1 Å². The van der Waals surface area contributed by atoms with Gasteiger partial charge in [-0.05, 0) is 38.5 Å². The summed E-state index contributed by atoms with van der Waals surface area (Å²) < 4.78 is 52.2. The van der Waals surface area contributed by atoms with Crippen LogP contribution >= 0.6 is 0 Å². The molecule has 192 valence electrons. The summed E-state index contributed by atoms with van der Waals surface area (Å²) in [6, 6.07) is 12.5. The van der Waals surface area contributed by atoms with Crippen LogP contribution in [-0.4, -0.2) is 42.2 Å². The molecule has 1 N–H and O–H groups in total. The van der Waals surface area contributed by atoms with Crippen molar-refractivity contribution < 1.29 is 32.5 Å². The number of nitriles is 1. The van der Waals surface area contributed by atoms with Crippen LogP contribution in [0.25, 0.3) is 0 Å². The lowest BCUT2D eigenvalue weighted by molar-refractivity contribution is -0.183. The second kappa shape index (κ2) is 10.6. The third kappa shape index (κ3) is 5.57. The molecule has 2 aromatic rings. The zero-order chi connectivity index (χ0) is 25.9. The number of nitrogens with one attached hydrogen (secondary N) is 1. The summed E-state index contributed by atoms with van der Waals surface area (Å²) in [6.07, 6.45) is -1.38. The van der Waals surface area contributed by atoms with Crippen LogP contribution in [0.5, 0.6) is 0 Å². The van der Waals surface area contributed by atoms with Crippen molar-refractivity contribution in [2.45, 2.75) is 76.5 Å². The number of carbonyl (C=O) groups excluding carboxylic acids is 1. The minimum absolute atomic E-state index is 0.0296. The SMILES string of the molecule is CCNC(=O)[C@@]1(OCc2ccccc2C#N)C[C@H](OCc2ccc(F)cc2F)[C@@H]2OC(C)(C)O[C@@H]2C1. The van der Waals surface area contributed by atoms with Crippen LogP contribution in [0, 0.1) is 23.0 Å². The van der Waals surface area contributed by atoms with Crippen molar-refractivity contribution in [3.8, 4) is 6.07 Å². The summed E-state index contributed by atoms with van der Waals surface area (Å²) in [5.41, 5.74) is -0.0432. The van der Waals surface area contributed by atoms with Gasteiger partial charge in [-0.1, -0.05) is 24.3 Å². The van der Waals surface area contributed by atoms with Crippen molar-refractivity contribution >= 4 is 5.91 Å². The molecule has 0 radical (unpaired) electrons. The molecule has 1 aliphatic heterocycles. The number of nitrogens with zero attached hydrogens (tertiary/aromatic N) is 1. The maximum absolute atomic E-state index is 14.3. The number of ether oxygens (including phenoxy) is 4. The highest BCUT2D eigenvalue weighted by atomic mass is 19.1. The lowest BCUT2D eigenvalue weighted by Gasteiger charge is -2.43. The normalized spacial score (nSPS) is 26.7. The molecule has 2 aliphatic rings. The Hall–Kier alpha value is -2.90. The zero-order valence-corrected chi connectivity index (χ0v) is 20.6. The number of hydrogen-bond donors (Lipinski definition) is 1. The van der Waals surface area contributed by atoms with Gasteiger partial charge in [0, 0.05) is 31.0 Å². The molecule has 1 aliphatic carbocycles. The van der Waals surface area contributed by atoms with Gasteiger partial charge >= 0.3 is 0 Å². The van der Waals surface area contributed by atoms with Crippen LogP contribution in [0.2, 0.25) is 0 Å². The lowest BCUT2D eigenvalue weighted by Crippen LogP contribution is -2.60. The first kappa shape index (κ1) is 26.2. The summed E-state index contributed by atoms with van der Waals surface area (Å²) in [7, 11) is 0. The molecule has 0 unspecified atom stereocenters. The van der Waals surface area contributed by atoms with Gasteiger partial charge in [-0.25, -0.2) is 8.78 Å². The summed E-state index contributed by atoms with van der Waals surface area (Å²) in [6.45, 7) is 5.64. The van der Waals surface area contributed by atoms with E-state index in [-0.39, 0.29) is 37.5 Å². The molecule has 1 saturated heterocycles. The molecule has 2 aromatic carbocycles. The molecule has 2 fully saturated rings. The smallest absolute Gasteiger partial charge is 0.252 e. The Bertz CT molecular complexity index is 1150. The number of amides is 1. The predicted molar refractivity (Wildman–Crippen MR) is 125 cm³/mol. The van der Waals surface area contributed by atoms with Crippen LogP contribution in [0.4, 0.5) is 8.78 Å². The van der Waals surface area contributed by atoms with E-state index in [9.17, 15) is 18.8 Å². The number of carbonyl (C=O) groups is 1. The van der Waals surface area contributed by atoms with Gasteiger partial charge in [-0.15, -0.1) is 0 Å². The monoisotopic (exact) mass is 500 g/mol. The molecule has 0 spiro atoms. The van der Waals surface area contributed by atoms with E-state index < -0.39 is 41.3 Å². The van der Waals surface area contributed by atoms with Crippen molar-refractivity contribution in [1.29, 1.82) is 5.26 Å². The summed E-state index contributed by atoms with van der Waals surface area (Å²) in [4.78, 5) is 13.4. The van der Waals surface area contributed by atoms with Gasteiger partial charge in [0.05, 0.1) is 37.1 Å². The van der Waals surface area contributed by atoms with E-state index >= 15 is 0 Å².